The van der Waals surface area contributed by atoms with Gasteiger partial charge in [-0.25, -0.2) is 9.97 Å². The number of carbonyl (C=O) groups is 2. The van der Waals surface area contributed by atoms with Crippen molar-refractivity contribution in [2.24, 2.45) is 5.73 Å². The summed E-state index contributed by atoms with van der Waals surface area (Å²) in [6, 6.07) is 15.1. The summed E-state index contributed by atoms with van der Waals surface area (Å²) >= 11 is 0. The Morgan fingerprint density at radius 2 is 1.65 bits per heavy atom. The smallest absolute Gasteiger partial charge is 0.369 e. The molecule has 0 spiro atoms. The topological polar surface area (TPSA) is 120 Å². The average Bonchev–Trinajstić information content (AvgIpc) is 3.88. The molecule has 46 heavy (non-hydrogen) atoms. The number of amides is 2. The Morgan fingerprint density at radius 3 is 2.28 bits per heavy atom. The predicted octanol–water partition coefficient (Wildman–Crippen LogP) is 4.67. The first-order chi connectivity index (χ1) is 22.0. The number of primary amides is 1. The molecule has 2 aliphatic heterocycles. The van der Waals surface area contributed by atoms with Gasteiger partial charge in [-0.3, -0.25) is 14.5 Å². The van der Waals surface area contributed by atoms with Crippen LogP contribution in [0.25, 0.3) is 0 Å². The molecule has 2 amide bonds. The Bertz CT molecular complexity index is 1540. The van der Waals surface area contributed by atoms with E-state index in [0.717, 1.165) is 18.5 Å². The molecule has 244 valence electrons. The Labute approximate surface area is 266 Å². The van der Waals surface area contributed by atoms with E-state index in [4.69, 9.17) is 10.7 Å². The summed E-state index contributed by atoms with van der Waals surface area (Å²) in [4.78, 5) is 40.0. The molecule has 2 saturated heterocycles. The van der Waals surface area contributed by atoms with E-state index < -0.39 is 18.6 Å². The zero-order chi connectivity index (χ0) is 32.4. The van der Waals surface area contributed by atoms with E-state index in [0.29, 0.717) is 55.7 Å². The third-order valence-corrected chi connectivity index (χ3v) is 9.08. The first kappa shape index (κ1) is 31.6. The molecule has 6 rings (SSSR count). The van der Waals surface area contributed by atoms with Crippen molar-refractivity contribution in [3.8, 4) is 0 Å². The number of anilines is 4. The number of alkyl halides is 3. The second-order valence-corrected chi connectivity index (χ2v) is 12.4. The second kappa shape index (κ2) is 13.1. The van der Waals surface area contributed by atoms with Gasteiger partial charge >= 0.3 is 6.18 Å². The molecule has 3 aliphatic rings. The number of halogens is 3. The fourth-order valence-electron chi connectivity index (χ4n) is 6.33. The third-order valence-electron chi connectivity index (χ3n) is 9.08. The lowest BCUT2D eigenvalue weighted by atomic mass is 9.97. The van der Waals surface area contributed by atoms with Gasteiger partial charge in [-0.1, -0.05) is 12.1 Å². The number of nitrogens with one attached hydrogen (secondary N) is 2. The normalized spacial score (nSPS) is 20.8. The van der Waals surface area contributed by atoms with E-state index in [1.165, 1.54) is 29.5 Å². The Balaban J connectivity index is 1.11. The standard InChI is InChI=1S/C33H39F3N8O2/c1-21-27(40-32(46)24-8-6-23(7-9-24)22-4-5-22)3-2-14-44(21)28-19-38-29(30(37)45)31(41-28)39-25-10-12-26(13-11-25)43-17-15-42(16-18-43)20-33(34,35)36/h6-13,19,21-22,27H,2-5,14-18,20H2,1H3,(H2,37,45)(H,39,41)(H,40,46)/t21-,27-/m1/s1. The van der Waals surface area contributed by atoms with Crippen LogP contribution in [0.5, 0.6) is 0 Å². The largest absolute Gasteiger partial charge is 0.401 e. The highest BCUT2D eigenvalue weighted by Gasteiger charge is 2.33. The highest BCUT2D eigenvalue weighted by molar-refractivity contribution is 5.96. The summed E-state index contributed by atoms with van der Waals surface area (Å²) < 4.78 is 38.2. The fourth-order valence-corrected chi connectivity index (χ4v) is 6.33. The molecule has 10 nitrogen and oxygen atoms in total. The van der Waals surface area contributed by atoms with Gasteiger partial charge < -0.3 is 26.2 Å². The van der Waals surface area contributed by atoms with E-state index in [-0.39, 0.29) is 29.5 Å². The van der Waals surface area contributed by atoms with Crippen molar-refractivity contribution in [3.63, 3.8) is 0 Å². The number of aromatic nitrogens is 2. The molecule has 3 aromatic rings. The Hall–Kier alpha value is -4.39. The zero-order valence-corrected chi connectivity index (χ0v) is 25.8. The molecule has 4 N–H and O–H groups in total. The van der Waals surface area contributed by atoms with Crippen LogP contribution in [0.1, 0.15) is 64.9 Å². The van der Waals surface area contributed by atoms with Gasteiger partial charge in [-0.05, 0) is 80.5 Å². The lowest BCUT2D eigenvalue weighted by Gasteiger charge is -2.40. The van der Waals surface area contributed by atoms with Crippen molar-refractivity contribution in [3.05, 3.63) is 71.5 Å². The van der Waals surface area contributed by atoms with Crippen LogP contribution in [-0.4, -0.2) is 84.2 Å². The molecular formula is C33H39F3N8O2. The number of piperidine rings is 1. The number of carbonyl (C=O) groups excluding carboxylic acids is 2. The SMILES string of the molecule is C[C@@H]1[C@H](NC(=O)c2ccc(C3CC3)cc2)CCCN1c1cnc(C(N)=O)c(Nc2ccc(N3CCN(CC(F)(F)F)CC3)cc2)n1. The first-order valence-corrected chi connectivity index (χ1v) is 15.8. The van der Waals surface area contributed by atoms with Crippen LogP contribution in [0.4, 0.5) is 36.2 Å². The molecule has 1 aliphatic carbocycles. The van der Waals surface area contributed by atoms with Crippen molar-refractivity contribution >= 4 is 34.8 Å². The summed E-state index contributed by atoms with van der Waals surface area (Å²) in [6.45, 7) is 3.49. The van der Waals surface area contributed by atoms with E-state index in [9.17, 15) is 22.8 Å². The highest BCUT2D eigenvalue weighted by Crippen LogP contribution is 2.40. The maximum Gasteiger partial charge on any atom is 0.401 e. The molecule has 1 aromatic heterocycles. The van der Waals surface area contributed by atoms with Crippen molar-refractivity contribution < 1.29 is 22.8 Å². The zero-order valence-electron chi connectivity index (χ0n) is 25.8. The van der Waals surface area contributed by atoms with Gasteiger partial charge in [0, 0.05) is 61.7 Å². The number of hydrogen-bond acceptors (Lipinski definition) is 8. The van der Waals surface area contributed by atoms with E-state index in [1.54, 1.807) is 0 Å². The summed E-state index contributed by atoms with van der Waals surface area (Å²) in [5, 5.41) is 6.37. The van der Waals surface area contributed by atoms with Crippen LogP contribution in [0, 0.1) is 0 Å². The first-order valence-electron chi connectivity index (χ1n) is 15.8. The third kappa shape index (κ3) is 7.52. The maximum absolute atomic E-state index is 13.1. The quantitative estimate of drug-likeness (QED) is 0.310. The van der Waals surface area contributed by atoms with Gasteiger partial charge in [0.25, 0.3) is 11.8 Å². The molecule has 0 unspecified atom stereocenters. The fraction of sp³-hybridized carbons (Fsp3) is 0.455. The van der Waals surface area contributed by atoms with Crippen LogP contribution in [0.2, 0.25) is 0 Å². The predicted molar refractivity (Wildman–Crippen MR) is 171 cm³/mol. The van der Waals surface area contributed by atoms with Gasteiger partial charge in [0.15, 0.2) is 11.5 Å². The van der Waals surface area contributed by atoms with Gasteiger partial charge in [0.1, 0.15) is 5.82 Å². The number of rotatable bonds is 9. The average molecular weight is 637 g/mol. The number of nitrogens with two attached hydrogens (primary N) is 1. The Kier molecular flexibility index (Phi) is 9.03. The molecule has 3 fully saturated rings. The summed E-state index contributed by atoms with van der Waals surface area (Å²) in [6.07, 6.45) is 1.42. The van der Waals surface area contributed by atoms with Crippen molar-refractivity contribution in [1.29, 1.82) is 0 Å². The maximum atomic E-state index is 13.1. The molecule has 0 bridgehead atoms. The second-order valence-electron chi connectivity index (χ2n) is 12.4. The van der Waals surface area contributed by atoms with Crippen molar-refractivity contribution in [1.82, 2.24) is 20.2 Å². The van der Waals surface area contributed by atoms with Crippen LogP contribution in [0.3, 0.4) is 0 Å². The van der Waals surface area contributed by atoms with Gasteiger partial charge in [0.2, 0.25) is 0 Å². The van der Waals surface area contributed by atoms with Crippen LogP contribution in [-0.2, 0) is 0 Å². The number of benzene rings is 2. The monoisotopic (exact) mass is 636 g/mol. The minimum atomic E-state index is -4.20. The van der Waals surface area contributed by atoms with Gasteiger partial charge in [0.05, 0.1) is 12.7 Å². The molecule has 13 heteroatoms. The number of hydrogen-bond donors (Lipinski definition) is 3. The Morgan fingerprint density at radius 1 is 0.957 bits per heavy atom. The lowest BCUT2D eigenvalue weighted by Crippen LogP contribution is -2.54. The minimum Gasteiger partial charge on any atom is -0.369 e. The van der Waals surface area contributed by atoms with Gasteiger partial charge in [-0.2, -0.15) is 13.2 Å². The lowest BCUT2D eigenvalue weighted by molar-refractivity contribution is -0.146. The molecule has 0 radical (unpaired) electrons. The van der Waals surface area contributed by atoms with Crippen LogP contribution in [0.15, 0.2) is 54.7 Å². The number of piperazine rings is 1. The van der Waals surface area contributed by atoms with Crippen molar-refractivity contribution in [2.45, 2.75) is 56.8 Å². The molecule has 3 heterocycles. The summed E-state index contributed by atoms with van der Waals surface area (Å²) in [7, 11) is 0. The van der Waals surface area contributed by atoms with E-state index in [2.05, 4.69) is 20.5 Å². The van der Waals surface area contributed by atoms with Crippen LogP contribution < -0.4 is 26.2 Å². The van der Waals surface area contributed by atoms with E-state index >= 15 is 0 Å². The van der Waals surface area contributed by atoms with Crippen molar-refractivity contribution in [2.75, 3.05) is 54.4 Å². The molecule has 1 saturated carbocycles. The summed E-state index contributed by atoms with van der Waals surface area (Å²) in [5.74, 6) is 0.576. The number of nitrogens with zero attached hydrogens (tertiary/aromatic N) is 5. The van der Waals surface area contributed by atoms with Gasteiger partial charge in [-0.15, -0.1) is 0 Å². The van der Waals surface area contributed by atoms with E-state index in [1.807, 2.05) is 60.4 Å². The highest BCUT2D eigenvalue weighted by atomic mass is 19.4. The molecular weight excluding hydrogens is 597 g/mol. The minimum absolute atomic E-state index is 0.00206. The molecule has 2 aromatic carbocycles. The summed E-state index contributed by atoms with van der Waals surface area (Å²) in [5.41, 5.74) is 9.10. The van der Waals surface area contributed by atoms with Crippen LogP contribution >= 0.6 is 0 Å². The molecule has 2 atom stereocenters.